The van der Waals surface area contributed by atoms with Crippen molar-refractivity contribution < 1.29 is 27.5 Å². The average molecular weight is 518 g/mol. The highest BCUT2D eigenvalue weighted by Crippen LogP contribution is 2.66. The molecule has 1 heterocycles. The van der Waals surface area contributed by atoms with Crippen LogP contribution in [0, 0.1) is 34.5 Å². The Morgan fingerprint density at radius 1 is 1.03 bits per heavy atom. The topological polar surface area (TPSA) is 46.6 Å². The quantitative estimate of drug-likeness (QED) is 0.425. The fraction of sp³-hybridized carbons (Fsp3) is 0.733. The number of carbonyl (C=O) groups excluding carboxylic acids is 2. The van der Waals surface area contributed by atoms with Gasteiger partial charge in [-0.25, -0.2) is 0 Å². The van der Waals surface area contributed by atoms with Crippen LogP contribution in [-0.4, -0.2) is 35.3 Å². The molecule has 0 unspecified atom stereocenters. The lowest BCUT2D eigenvalue weighted by atomic mass is 9.44. The van der Waals surface area contributed by atoms with Crippen LogP contribution >= 0.6 is 0 Å². The Labute approximate surface area is 217 Å². The largest absolute Gasteiger partial charge is 0.457 e. The molecule has 6 rings (SSSR count). The van der Waals surface area contributed by atoms with Crippen molar-refractivity contribution in [1.29, 1.82) is 0 Å². The molecule has 0 radical (unpaired) electrons. The van der Waals surface area contributed by atoms with Crippen molar-refractivity contribution in [3.63, 3.8) is 0 Å². The van der Waals surface area contributed by atoms with E-state index in [1.807, 2.05) is 4.90 Å². The van der Waals surface area contributed by atoms with Gasteiger partial charge in [-0.05, 0) is 92.1 Å². The second-order valence-corrected chi connectivity index (χ2v) is 13.3. The van der Waals surface area contributed by atoms with E-state index in [-0.39, 0.29) is 23.3 Å². The predicted octanol–water partition coefficient (Wildman–Crippen LogP) is 6.41. The number of benzene rings is 1. The Morgan fingerprint density at radius 2 is 1.84 bits per heavy atom. The Morgan fingerprint density at radius 3 is 2.62 bits per heavy atom. The molecule has 37 heavy (non-hydrogen) atoms. The molecule has 0 N–H and O–H groups in total. The summed E-state index contributed by atoms with van der Waals surface area (Å²) in [6, 6.07) is 5.42. The summed E-state index contributed by atoms with van der Waals surface area (Å²) in [5.41, 5.74) is -0.574. The molecule has 1 saturated heterocycles. The molecule has 5 fully saturated rings. The number of hydrogen-bond donors (Lipinski definition) is 0. The summed E-state index contributed by atoms with van der Waals surface area (Å²) in [5.74, 6) is 2.42. The third-order valence-electron chi connectivity index (χ3n) is 11.4. The van der Waals surface area contributed by atoms with Crippen LogP contribution in [0.3, 0.4) is 0 Å². The second kappa shape index (κ2) is 8.56. The molecule has 4 aliphatic carbocycles. The van der Waals surface area contributed by atoms with Gasteiger partial charge >= 0.3 is 12.1 Å². The normalized spacial score (nSPS) is 42.2. The minimum absolute atomic E-state index is 0.110. The Bertz CT molecular complexity index is 1100. The molecule has 0 amide bonds. The van der Waals surface area contributed by atoms with E-state index in [1.165, 1.54) is 12.1 Å². The van der Waals surface area contributed by atoms with E-state index in [4.69, 9.17) is 4.74 Å². The Kier molecular flexibility index (Phi) is 5.87. The summed E-state index contributed by atoms with van der Waals surface area (Å²) in [6.07, 6.45) is 4.41. The van der Waals surface area contributed by atoms with Crippen LogP contribution in [0.4, 0.5) is 13.2 Å². The predicted molar refractivity (Wildman–Crippen MR) is 132 cm³/mol. The van der Waals surface area contributed by atoms with E-state index < -0.39 is 17.3 Å². The first kappa shape index (κ1) is 25.4. The SMILES string of the molecule is C[C@]12CC[C@@]3(C[C@@H]1CC[C@@H]1[C@@H]2CC[C@]2(C)C(=O)CC[C@@H]12)CN(Cc1cccc(C(F)(F)F)c1)CC(=O)O3. The number of alkyl halides is 3. The van der Waals surface area contributed by atoms with Crippen molar-refractivity contribution in [2.24, 2.45) is 34.5 Å². The minimum Gasteiger partial charge on any atom is -0.457 e. The molecule has 7 heteroatoms. The first-order chi connectivity index (χ1) is 17.4. The molecule has 0 bridgehead atoms. The molecule has 0 aromatic heterocycles. The van der Waals surface area contributed by atoms with E-state index in [0.29, 0.717) is 48.1 Å². The summed E-state index contributed by atoms with van der Waals surface area (Å²) in [4.78, 5) is 27.4. The van der Waals surface area contributed by atoms with E-state index in [0.717, 1.165) is 63.9 Å². The molecule has 4 nitrogen and oxygen atoms in total. The number of halogens is 3. The monoisotopic (exact) mass is 517 g/mol. The maximum Gasteiger partial charge on any atom is 0.416 e. The number of rotatable bonds is 2. The molecule has 1 aromatic carbocycles. The third-order valence-corrected chi connectivity index (χ3v) is 11.4. The van der Waals surface area contributed by atoms with Gasteiger partial charge in [-0.1, -0.05) is 32.0 Å². The van der Waals surface area contributed by atoms with Crippen molar-refractivity contribution in [3.8, 4) is 0 Å². The Balaban J connectivity index is 1.18. The minimum atomic E-state index is -4.38. The van der Waals surface area contributed by atoms with E-state index in [9.17, 15) is 22.8 Å². The molecule has 4 saturated carbocycles. The zero-order valence-electron chi connectivity index (χ0n) is 21.9. The summed E-state index contributed by atoms with van der Waals surface area (Å²) in [5, 5.41) is 0. The van der Waals surface area contributed by atoms with Crippen LogP contribution < -0.4 is 0 Å². The maximum absolute atomic E-state index is 13.2. The van der Waals surface area contributed by atoms with Gasteiger partial charge in [0.15, 0.2) is 0 Å². The number of ether oxygens (including phenoxy) is 1. The number of carbonyl (C=O) groups is 2. The van der Waals surface area contributed by atoms with Gasteiger partial charge < -0.3 is 4.74 Å². The lowest BCUT2D eigenvalue weighted by Crippen LogP contribution is -2.61. The lowest BCUT2D eigenvalue weighted by Gasteiger charge is -2.62. The smallest absolute Gasteiger partial charge is 0.416 e. The van der Waals surface area contributed by atoms with Gasteiger partial charge in [0, 0.05) is 24.9 Å². The number of ketones is 1. The van der Waals surface area contributed by atoms with Gasteiger partial charge in [-0.2, -0.15) is 13.2 Å². The number of Topliss-reactive ketones (excluding diaryl/α,β-unsaturated/α-hetero) is 1. The number of morpholine rings is 1. The number of hydrogen-bond acceptors (Lipinski definition) is 4. The van der Waals surface area contributed by atoms with Crippen molar-refractivity contribution in [2.75, 3.05) is 13.1 Å². The van der Waals surface area contributed by atoms with Crippen LogP contribution in [0.15, 0.2) is 24.3 Å². The lowest BCUT2D eigenvalue weighted by molar-refractivity contribution is -0.200. The molecule has 5 aliphatic rings. The molecule has 202 valence electrons. The number of nitrogens with zero attached hydrogens (tertiary/aromatic N) is 1. The standard InChI is InChI=1S/C30H38F3NO3/c1-27-12-13-29(15-21(27)6-7-22-23-8-9-25(35)28(23,2)11-10-24(22)27)18-34(17-26(36)37-29)16-19-4-3-5-20(14-19)30(31,32)33/h3-5,14,21-24H,6-13,15-18H2,1-2H3/t21-,22-,23-,24-,27-,28-,29+/m0/s1. The summed E-state index contributed by atoms with van der Waals surface area (Å²) >= 11 is 0. The molecule has 1 aromatic rings. The van der Waals surface area contributed by atoms with Gasteiger partial charge in [0.05, 0.1) is 12.1 Å². The van der Waals surface area contributed by atoms with Gasteiger partial charge in [0.1, 0.15) is 11.4 Å². The zero-order chi connectivity index (χ0) is 26.2. The van der Waals surface area contributed by atoms with Gasteiger partial charge in [-0.3, -0.25) is 14.5 Å². The van der Waals surface area contributed by atoms with Crippen LogP contribution in [0.1, 0.15) is 82.8 Å². The first-order valence-electron chi connectivity index (χ1n) is 14.1. The third kappa shape index (κ3) is 4.15. The second-order valence-electron chi connectivity index (χ2n) is 13.3. The van der Waals surface area contributed by atoms with Crippen molar-refractivity contribution in [1.82, 2.24) is 4.90 Å². The van der Waals surface area contributed by atoms with Crippen molar-refractivity contribution in [2.45, 2.75) is 90.0 Å². The van der Waals surface area contributed by atoms with Crippen LogP contribution in [-0.2, 0) is 27.0 Å². The van der Waals surface area contributed by atoms with Crippen molar-refractivity contribution in [3.05, 3.63) is 35.4 Å². The highest BCUT2D eigenvalue weighted by atomic mass is 19.4. The van der Waals surface area contributed by atoms with Crippen LogP contribution in [0.2, 0.25) is 0 Å². The van der Waals surface area contributed by atoms with E-state index >= 15 is 0 Å². The van der Waals surface area contributed by atoms with E-state index in [2.05, 4.69) is 13.8 Å². The highest BCUT2D eigenvalue weighted by Gasteiger charge is 2.62. The molecule has 1 aliphatic heterocycles. The molecular weight excluding hydrogens is 479 g/mol. The molecule has 1 spiro atoms. The fourth-order valence-electron chi connectivity index (χ4n) is 9.48. The Hall–Kier alpha value is -1.89. The summed E-state index contributed by atoms with van der Waals surface area (Å²) in [7, 11) is 0. The highest BCUT2D eigenvalue weighted by molar-refractivity contribution is 5.87. The van der Waals surface area contributed by atoms with E-state index in [1.54, 1.807) is 6.07 Å². The van der Waals surface area contributed by atoms with Gasteiger partial charge in [0.2, 0.25) is 0 Å². The van der Waals surface area contributed by atoms with Crippen molar-refractivity contribution >= 4 is 11.8 Å². The summed E-state index contributed by atoms with van der Waals surface area (Å²) in [6.45, 7) is 5.66. The number of fused-ring (bicyclic) bond motifs is 5. The average Bonchev–Trinajstić information content (AvgIpc) is 3.13. The van der Waals surface area contributed by atoms with Gasteiger partial charge in [-0.15, -0.1) is 0 Å². The zero-order valence-corrected chi connectivity index (χ0v) is 21.9. The van der Waals surface area contributed by atoms with Crippen LogP contribution in [0.5, 0.6) is 0 Å². The first-order valence-corrected chi connectivity index (χ1v) is 14.1. The van der Waals surface area contributed by atoms with Gasteiger partial charge in [0.25, 0.3) is 0 Å². The fourth-order valence-corrected chi connectivity index (χ4v) is 9.48. The molecular formula is C30H38F3NO3. The maximum atomic E-state index is 13.2. The summed E-state index contributed by atoms with van der Waals surface area (Å²) < 4.78 is 45.7. The number of esters is 1. The molecule has 7 atom stereocenters. The van der Waals surface area contributed by atoms with Crippen LogP contribution in [0.25, 0.3) is 0 Å².